The van der Waals surface area contributed by atoms with Gasteiger partial charge in [-0.15, -0.1) is 0 Å². The van der Waals surface area contributed by atoms with Crippen molar-refractivity contribution in [3.63, 3.8) is 0 Å². The third-order valence-electron chi connectivity index (χ3n) is 5.70. The van der Waals surface area contributed by atoms with Gasteiger partial charge in [-0.1, -0.05) is 30.3 Å². The number of amides is 2. The maximum atomic E-state index is 11.5. The minimum atomic E-state index is -0.501. The number of hydrogen-bond acceptors (Lipinski definition) is 4. The average molecular weight is 410 g/mol. The van der Waals surface area contributed by atoms with Gasteiger partial charge in [-0.2, -0.15) is 0 Å². The lowest BCUT2D eigenvalue weighted by atomic mass is 9.96. The first-order valence-electron chi connectivity index (χ1n) is 10.9. The minimum Gasteiger partial charge on any atom is -0.493 e. The van der Waals surface area contributed by atoms with E-state index in [9.17, 15) is 9.90 Å². The summed E-state index contributed by atoms with van der Waals surface area (Å²) < 4.78 is 5.87. The zero-order chi connectivity index (χ0) is 20.9. The fourth-order valence-corrected chi connectivity index (χ4v) is 3.81. The van der Waals surface area contributed by atoms with E-state index in [2.05, 4.69) is 33.7 Å². The maximum Gasteiger partial charge on any atom is 0.315 e. The molecule has 2 aromatic rings. The van der Waals surface area contributed by atoms with Crippen molar-refractivity contribution >= 4 is 6.03 Å². The summed E-state index contributed by atoms with van der Waals surface area (Å²) >= 11 is 0. The molecule has 2 aromatic carbocycles. The first-order valence-corrected chi connectivity index (χ1v) is 10.9. The van der Waals surface area contributed by atoms with Crippen LogP contribution in [0.25, 0.3) is 0 Å². The number of carbonyl (C=O) groups excluding carboxylic acids is 1. The Balaban J connectivity index is 1.32. The van der Waals surface area contributed by atoms with E-state index >= 15 is 0 Å². The molecule has 1 fully saturated rings. The number of aliphatic hydroxyl groups excluding tert-OH is 1. The lowest BCUT2D eigenvalue weighted by Crippen LogP contribution is -2.34. The van der Waals surface area contributed by atoms with Crippen molar-refractivity contribution in [2.75, 3.05) is 19.7 Å². The summed E-state index contributed by atoms with van der Waals surface area (Å²) in [5.74, 6) is 1.59. The molecule has 0 radical (unpaired) electrons. The fraction of sp³-hybridized carbons (Fsp3) is 0.458. The summed E-state index contributed by atoms with van der Waals surface area (Å²) in [6, 6.07) is 14.2. The quantitative estimate of drug-likeness (QED) is 0.625. The van der Waals surface area contributed by atoms with Gasteiger partial charge in [0.15, 0.2) is 0 Å². The van der Waals surface area contributed by atoms with E-state index in [0.717, 1.165) is 48.1 Å². The van der Waals surface area contributed by atoms with Gasteiger partial charge in [0.25, 0.3) is 0 Å². The SMILES string of the molecule is CCNC(=O)NCc1ccc(CN2Cc3ccc(OCC4CC4)cc3C(O)C2)cc1. The highest BCUT2D eigenvalue weighted by molar-refractivity contribution is 5.73. The molecule has 0 aromatic heterocycles. The van der Waals surface area contributed by atoms with Gasteiger partial charge in [0.1, 0.15) is 5.75 Å². The van der Waals surface area contributed by atoms with Crippen molar-refractivity contribution in [3.8, 4) is 5.75 Å². The van der Waals surface area contributed by atoms with E-state index in [1.54, 1.807) is 0 Å². The number of rotatable bonds is 8. The molecule has 3 N–H and O–H groups in total. The van der Waals surface area contributed by atoms with Gasteiger partial charge in [-0.05, 0) is 60.1 Å². The van der Waals surface area contributed by atoms with Crippen molar-refractivity contribution in [1.82, 2.24) is 15.5 Å². The predicted molar refractivity (Wildman–Crippen MR) is 116 cm³/mol. The maximum absolute atomic E-state index is 11.5. The van der Waals surface area contributed by atoms with Crippen LogP contribution >= 0.6 is 0 Å². The summed E-state index contributed by atoms with van der Waals surface area (Å²) in [6.45, 7) is 6.01. The smallest absolute Gasteiger partial charge is 0.315 e. The topological polar surface area (TPSA) is 73.8 Å². The number of aliphatic hydroxyl groups is 1. The van der Waals surface area contributed by atoms with Gasteiger partial charge < -0.3 is 20.5 Å². The fourth-order valence-electron chi connectivity index (χ4n) is 3.81. The van der Waals surface area contributed by atoms with E-state index in [1.165, 1.54) is 18.4 Å². The molecule has 1 unspecified atom stereocenters. The first-order chi connectivity index (χ1) is 14.6. The number of carbonyl (C=O) groups is 1. The normalized spacial score (nSPS) is 18.5. The van der Waals surface area contributed by atoms with Crippen molar-refractivity contribution < 1.29 is 14.6 Å². The van der Waals surface area contributed by atoms with Gasteiger partial charge in [0, 0.05) is 32.7 Å². The van der Waals surface area contributed by atoms with Gasteiger partial charge in [-0.25, -0.2) is 4.79 Å². The summed E-state index contributed by atoms with van der Waals surface area (Å²) in [5, 5.41) is 16.3. The third-order valence-corrected chi connectivity index (χ3v) is 5.70. The first kappa shape index (κ1) is 20.7. The van der Waals surface area contributed by atoms with E-state index < -0.39 is 6.10 Å². The predicted octanol–water partition coefficient (Wildman–Crippen LogP) is 3.34. The molecule has 0 bridgehead atoms. The number of fused-ring (bicyclic) bond motifs is 1. The van der Waals surface area contributed by atoms with Gasteiger partial charge in [0.05, 0.1) is 12.7 Å². The molecule has 0 saturated heterocycles. The van der Waals surface area contributed by atoms with Gasteiger partial charge in [0.2, 0.25) is 0 Å². The number of β-amino-alcohol motifs (C(OH)–C–C–N with tert-alkyl or cyclic N) is 1. The molecule has 1 aliphatic carbocycles. The molecule has 1 heterocycles. The number of ether oxygens (including phenoxy) is 1. The Bertz CT molecular complexity index is 864. The highest BCUT2D eigenvalue weighted by atomic mass is 16.5. The Labute approximate surface area is 178 Å². The molecule has 30 heavy (non-hydrogen) atoms. The average Bonchev–Trinajstić information content (AvgIpc) is 3.57. The number of urea groups is 1. The Morgan fingerprint density at radius 3 is 2.63 bits per heavy atom. The van der Waals surface area contributed by atoms with E-state index in [1.807, 2.05) is 31.2 Å². The number of nitrogens with zero attached hydrogens (tertiary/aromatic N) is 1. The molecule has 1 saturated carbocycles. The molecule has 160 valence electrons. The monoisotopic (exact) mass is 409 g/mol. The third kappa shape index (κ3) is 5.52. The second-order valence-electron chi connectivity index (χ2n) is 8.33. The van der Waals surface area contributed by atoms with Crippen LogP contribution < -0.4 is 15.4 Å². The Hall–Kier alpha value is -2.57. The standard InChI is InChI=1S/C24H31N3O3/c1-2-25-24(29)26-12-17-3-5-18(6-4-17)13-27-14-20-9-10-21(30-16-19-7-8-19)11-22(20)23(28)15-27/h3-6,9-11,19,23,28H,2,7-8,12-16H2,1H3,(H2,25,26,29). The molecule has 6 heteroatoms. The number of benzene rings is 2. The molecular weight excluding hydrogens is 378 g/mol. The highest BCUT2D eigenvalue weighted by Gasteiger charge is 2.25. The molecule has 1 aliphatic heterocycles. The van der Waals surface area contributed by atoms with Crippen LogP contribution in [0.2, 0.25) is 0 Å². The van der Waals surface area contributed by atoms with Crippen molar-refractivity contribution in [3.05, 3.63) is 64.7 Å². The van der Waals surface area contributed by atoms with E-state index in [-0.39, 0.29) is 6.03 Å². The largest absolute Gasteiger partial charge is 0.493 e. The highest BCUT2D eigenvalue weighted by Crippen LogP contribution is 2.33. The van der Waals surface area contributed by atoms with Crippen molar-refractivity contribution in [1.29, 1.82) is 0 Å². The van der Waals surface area contributed by atoms with Crippen LogP contribution in [0.5, 0.6) is 5.75 Å². The van der Waals surface area contributed by atoms with Crippen LogP contribution in [0.4, 0.5) is 4.79 Å². The summed E-state index contributed by atoms with van der Waals surface area (Å²) in [7, 11) is 0. The molecule has 2 aliphatic rings. The molecule has 4 rings (SSSR count). The molecule has 1 atom stereocenters. The molecular formula is C24H31N3O3. The van der Waals surface area contributed by atoms with Crippen molar-refractivity contribution in [2.24, 2.45) is 5.92 Å². The van der Waals surface area contributed by atoms with Crippen LogP contribution in [-0.2, 0) is 19.6 Å². The van der Waals surface area contributed by atoms with Crippen LogP contribution in [0.15, 0.2) is 42.5 Å². The van der Waals surface area contributed by atoms with Crippen LogP contribution in [0.1, 0.15) is 48.1 Å². The molecule has 2 amide bonds. The summed E-state index contributed by atoms with van der Waals surface area (Å²) in [4.78, 5) is 13.8. The Morgan fingerprint density at radius 1 is 1.13 bits per heavy atom. The second-order valence-corrected chi connectivity index (χ2v) is 8.33. The minimum absolute atomic E-state index is 0.149. The number of hydrogen-bond donors (Lipinski definition) is 3. The van der Waals surface area contributed by atoms with Crippen LogP contribution in [0.3, 0.4) is 0 Å². The zero-order valence-electron chi connectivity index (χ0n) is 17.6. The second kappa shape index (κ2) is 9.49. The van der Waals surface area contributed by atoms with Crippen LogP contribution in [-0.4, -0.2) is 35.7 Å². The van der Waals surface area contributed by atoms with Crippen molar-refractivity contribution in [2.45, 2.75) is 45.5 Å². The summed E-state index contributed by atoms with van der Waals surface area (Å²) in [6.07, 6.45) is 2.04. The van der Waals surface area contributed by atoms with Gasteiger partial charge in [-0.3, -0.25) is 4.90 Å². The van der Waals surface area contributed by atoms with E-state index in [4.69, 9.17) is 4.74 Å². The molecule has 6 nitrogen and oxygen atoms in total. The zero-order valence-corrected chi connectivity index (χ0v) is 17.6. The summed E-state index contributed by atoms with van der Waals surface area (Å²) in [5.41, 5.74) is 4.41. The van der Waals surface area contributed by atoms with Gasteiger partial charge >= 0.3 is 6.03 Å². The molecule has 0 spiro atoms. The Kier molecular flexibility index (Phi) is 6.55. The van der Waals surface area contributed by atoms with Crippen LogP contribution in [0, 0.1) is 5.92 Å². The lowest BCUT2D eigenvalue weighted by Gasteiger charge is -2.32. The van der Waals surface area contributed by atoms with E-state index in [0.29, 0.717) is 19.6 Å². The lowest BCUT2D eigenvalue weighted by molar-refractivity contribution is 0.0878. The Morgan fingerprint density at radius 2 is 1.90 bits per heavy atom. The number of nitrogens with one attached hydrogen (secondary N) is 2.